The fourth-order valence-electron chi connectivity index (χ4n) is 2.00. The number of hydrogen-bond donors (Lipinski definition) is 1. The zero-order valence-electron chi connectivity index (χ0n) is 7.90. The SMILES string of the molecule is C1=CC2=NC3=C(CC=CC3)NC2C=C1. The van der Waals surface area contributed by atoms with Crippen molar-refractivity contribution in [1.82, 2.24) is 5.32 Å². The maximum atomic E-state index is 4.67. The summed E-state index contributed by atoms with van der Waals surface area (Å²) in [7, 11) is 0. The number of nitrogens with one attached hydrogen (secondary N) is 1. The Balaban J connectivity index is 1.99. The van der Waals surface area contributed by atoms with Gasteiger partial charge < -0.3 is 5.32 Å². The molecule has 14 heavy (non-hydrogen) atoms. The van der Waals surface area contributed by atoms with Gasteiger partial charge in [-0.25, -0.2) is 0 Å². The van der Waals surface area contributed by atoms with Crippen molar-refractivity contribution in [3.05, 3.63) is 47.9 Å². The van der Waals surface area contributed by atoms with E-state index in [-0.39, 0.29) is 0 Å². The van der Waals surface area contributed by atoms with Gasteiger partial charge in [-0.3, -0.25) is 4.99 Å². The van der Waals surface area contributed by atoms with E-state index < -0.39 is 0 Å². The minimum absolute atomic E-state index is 0.297. The van der Waals surface area contributed by atoms with Gasteiger partial charge in [-0.1, -0.05) is 30.4 Å². The fraction of sp³-hybridized carbons (Fsp3) is 0.250. The Morgan fingerprint density at radius 2 is 2.14 bits per heavy atom. The summed E-state index contributed by atoms with van der Waals surface area (Å²) in [5, 5.41) is 3.52. The number of hydrogen-bond acceptors (Lipinski definition) is 2. The van der Waals surface area contributed by atoms with Crippen molar-refractivity contribution in [2.45, 2.75) is 18.9 Å². The summed E-state index contributed by atoms with van der Waals surface area (Å²) in [6.07, 6.45) is 14.7. The molecule has 3 rings (SSSR count). The van der Waals surface area contributed by atoms with Crippen LogP contribution >= 0.6 is 0 Å². The molecule has 0 aromatic rings. The van der Waals surface area contributed by atoms with Gasteiger partial charge in [0.25, 0.3) is 0 Å². The first-order valence-corrected chi connectivity index (χ1v) is 5.00. The van der Waals surface area contributed by atoms with E-state index in [9.17, 15) is 0 Å². The number of rotatable bonds is 0. The second-order valence-corrected chi connectivity index (χ2v) is 3.71. The highest BCUT2D eigenvalue weighted by atomic mass is 15.0. The molecule has 3 aliphatic rings. The maximum Gasteiger partial charge on any atom is 0.0871 e. The summed E-state index contributed by atoms with van der Waals surface area (Å²) in [4.78, 5) is 4.67. The molecule has 70 valence electrons. The number of allylic oxidation sites excluding steroid dienone is 4. The van der Waals surface area contributed by atoms with Gasteiger partial charge in [0.1, 0.15) is 0 Å². The van der Waals surface area contributed by atoms with Crippen molar-refractivity contribution >= 4 is 5.71 Å². The second-order valence-electron chi connectivity index (χ2n) is 3.71. The summed E-state index contributed by atoms with van der Waals surface area (Å²) >= 11 is 0. The molecule has 0 spiro atoms. The lowest BCUT2D eigenvalue weighted by atomic mass is 9.99. The van der Waals surface area contributed by atoms with Gasteiger partial charge in [0.05, 0.1) is 17.5 Å². The molecule has 0 saturated carbocycles. The lowest BCUT2D eigenvalue weighted by Crippen LogP contribution is -2.38. The molecular formula is C12H12N2. The van der Waals surface area contributed by atoms with E-state index in [1.807, 2.05) is 6.08 Å². The summed E-state index contributed by atoms with van der Waals surface area (Å²) in [5.74, 6) is 0. The number of nitrogens with zero attached hydrogens (tertiary/aromatic N) is 1. The van der Waals surface area contributed by atoms with Crippen molar-refractivity contribution in [3.8, 4) is 0 Å². The Morgan fingerprint density at radius 1 is 1.21 bits per heavy atom. The molecule has 2 heteroatoms. The third kappa shape index (κ3) is 1.15. The largest absolute Gasteiger partial charge is 0.375 e. The molecule has 0 saturated heterocycles. The van der Waals surface area contributed by atoms with Gasteiger partial charge in [-0.05, 0) is 6.08 Å². The average molecular weight is 184 g/mol. The molecule has 0 aromatic carbocycles. The highest BCUT2D eigenvalue weighted by Crippen LogP contribution is 2.24. The summed E-state index contributed by atoms with van der Waals surface area (Å²) < 4.78 is 0. The fourth-order valence-corrected chi connectivity index (χ4v) is 2.00. The van der Waals surface area contributed by atoms with Crippen LogP contribution in [0, 0.1) is 0 Å². The molecule has 1 unspecified atom stereocenters. The summed E-state index contributed by atoms with van der Waals surface area (Å²) in [6, 6.07) is 0.297. The highest BCUT2D eigenvalue weighted by Gasteiger charge is 2.21. The molecule has 0 aromatic heterocycles. The minimum Gasteiger partial charge on any atom is -0.375 e. The van der Waals surface area contributed by atoms with E-state index in [0.29, 0.717) is 6.04 Å². The molecule has 0 amide bonds. The van der Waals surface area contributed by atoms with Crippen LogP contribution in [-0.2, 0) is 0 Å². The van der Waals surface area contributed by atoms with Crippen molar-refractivity contribution in [2.24, 2.45) is 4.99 Å². The smallest absolute Gasteiger partial charge is 0.0871 e. The first kappa shape index (κ1) is 7.80. The Bertz CT molecular complexity index is 408. The van der Waals surface area contributed by atoms with Crippen LogP contribution in [0.2, 0.25) is 0 Å². The van der Waals surface area contributed by atoms with Crippen molar-refractivity contribution < 1.29 is 0 Å². The Morgan fingerprint density at radius 3 is 3.14 bits per heavy atom. The van der Waals surface area contributed by atoms with E-state index in [1.54, 1.807) is 0 Å². The van der Waals surface area contributed by atoms with Gasteiger partial charge in [0.15, 0.2) is 0 Å². The first-order chi connectivity index (χ1) is 6.93. The van der Waals surface area contributed by atoms with Crippen LogP contribution < -0.4 is 5.32 Å². The molecule has 0 fully saturated rings. The van der Waals surface area contributed by atoms with Gasteiger partial charge in [0.2, 0.25) is 0 Å². The van der Waals surface area contributed by atoms with Crippen molar-refractivity contribution in [3.63, 3.8) is 0 Å². The van der Waals surface area contributed by atoms with Gasteiger partial charge in [-0.15, -0.1) is 0 Å². The Labute approximate surface area is 83.4 Å². The normalized spacial score (nSPS) is 28.0. The van der Waals surface area contributed by atoms with Gasteiger partial charge in [-0.2, -0.15) is 0 Å². The lowest BCUT2D eigenvalue weighted by molar-refractivity contribution is 0.738. The standard InChI is InChI=1S/C12H12N2/c1-2-6-10-9(5-1)13-11-7-3-4-8-12(11)14-10/h1-6,9,13H,7-8H2. The summed E-state index contributed by atoms with van der Waals surface area (Å²) in [5.41, 5.74) is 3.64. The average Bonchev–Trinajstić information content (AvgIpc) is 2.26. The monoisotopic (exact) mass is 184 g/mol. The van der Waals surface area contributed by atoms with E-state index in [0.717, 1.165) is 18.6 Å². The zero-order chi connectivity index (χ0) is 9.38. The lowest BCUT2D eigenvalue weighted by Gasteiger charge is -2.28. The third-order valence-electron chi connectivity index (χ3n) is 2.74. The van der Waals surface area contributed by atoms with Crippen LogP contribution in [0.15, 0.2) is 52.8 Å². The molecule has 1 heterocycles. The molecule has 0 radical (unpaired) electrons. The molecule has 0 bridgehead atoms. The van der Waals surface area contributed by atoms with Crippen LogP contribution in [0.25, 0.3) is 0 Å². The molecule has 1 aliphatic heterocycles. The summed E-state index contributed by atoms with van der Waals surface area (Å²) in [6.45, 7) is 0. The van der Waals surface area contributed by atoms with E-state index in [4.69, 9.17) is 0 Å². The Hall–Kier alpha value is -1.57. The molecule has 2 aliphatic carbocycles. The second kappa shape index (κ2) is 2.98. The molecule has 1 atom stereocenters. The van der Waals surface area contributed by atoms with Crippen LogP contribution in [0.3, 0.4) is 0 Å². The predicted molar refractivity (Wildman–Crippen MR) is 58.0 cm³/mol. The van der Waals surface area contributed by atoms with Crippen molar-refractivity contribution in [1.29, 1.82) is 0 Å². The van der Waals surface area contributed by atoms with Crippen LogP contribution in [0.5, 0.6) is 0 Å². The van der Waals surface area contributed by atoms with Crippen molar-refractivity contribution in [2.75, 3.05) is 0 Å². The predicted octanol–water partition coefficient (Wildman–Crippen LogP) is 2.09. The number of fused-ring (bicyclic) bond motifs is 1. The van der Waals surface area contributed by atoms with Gasteiger partial charge in [0, 0.05) is 18.5 Å². The van der Waals surface area contributed by atoms with Crippen LogP contribution in [0.1, 0.15) is 12.8 Å². The van der Waals surface area contributed by atoms with Crippen LogP contribution in [-0.4, -0.2) is 11.8 Å². The zero-order valence-corrected chi connectivity index (χ0v) is 7.90. The first-order valence-electron chi connectivity index (χ1n) is 5.00. The Kier molecular flexibility index (Phi) is 1.66. The van der Waals surface area contributed by atoms with E-state index in [2.05, 4.69) is 40.7 Å². The van der Waals surface area contributed by atoms with Gasteiger partial charge >= 0.3 is 0 Å². The van der Waals surface area contributed by atoms with E-state index in [1.165, 1.54) is 11.4 Å². The maximum absolute atomic E-state index is 4.67. The minimum atomic E-state index is 0.297. The molecule has 1 N–H and O–H groups in total. The third-order valence-corrected chi connectivity index (χ3v) is 2.74. The molecular weight excluding hydrogens is 172 g/mol. The highest BCUT2D eigenvalue weighted by molar-refractivity contribution is 6.03. The topological polar surface area (TPSA) is 24.4 Å². The van der Waals surface area contributed by atoms with E-state index >= 15 is 0 Å². The number of aliphatic imine (C=N–C) groups is 1. The molecule has 2 nitrogen and oxygen atoms in total. The van der Waals surface area contributed by atoms with Crippen LogP contribution in [0.4, 0.5) is 0 Å². The quantitative estimate of drug-likeness (QED) is 0.573.